The lowest BCUT2D eigenvalue weighted by Crippen LogP contribution is -2.52. The van der Waals surface area contributed by atoms with E-state index in [-0.39, 0.29) is 37.0 Å². The van der Waals surface area contributed by atoms with Crippen molar-refractivity contribution in [2.24, 2.45) is 29.2 Å². The van der Waals surface area contributed by atoms with Crippen LogP contribution in [0.15, 0.2) is 0 Å². The van der Waals surface area contributed by atoms with Gasteiger partial charge in [0.25, 0.3) is 0 Å². The summed E-state index contributed by atoms with van der Waals surface area (Å²) in [6.07, 6.45) is 4.42. The minimum atomic E-state index is -1.05. The Morgan fingerprint density at radius 1 is 0.935 bits per heavy atom. The topological polar surface area (TPSA) is 148 Å². The van der Waals surface area contributed by atoms with E-state index in [1.807, 2.05) is 0 Å². The fourth-order valence-electron chi connectivity index (χ4n) is 3.37. The van der Waals surface area contributed by atoms with Gasteiger partial charge in [-0.15, -0.1) is 0 Å². The molecule has 0 aromatic heterocycles. The van der Waals surface area contributed by atoms with Crippen molar-refractivity contribution in [2.45, 2.75) is 91.3 Å². The summed E-state index contributed by atoms with van der Waals surface area (Å²) in [4.78, 5) is 37.5. The van der Waals surface area contributed by atoms with Crippen molar-refractivity contribution in [3.63, 3.8) is 0 Å². The first-order chi connectivity index (χ1) is 14.6. The molecule has 182 valence electrons. The Balaban J connectivity index is 4.71. The largest absolute Gasteiger partial charge is 0.393 e. The predicted molar refractivity (Wildman–Crippen MR) is 124 cm³/mol. The maximum atomic E-state index is 12.7. The van der Waals surface area contributed by atoms with E-state index in [4.69, 9.17) is 11.5 Å². The van der Waals surface area contributed by atoms with Crippen LogP contribution in [0.5, 0.6) is 0 Å². The van der Waals surface area contributed by atoms with Crippen molar-refractivity contribution in [1.82, 2.24) is 10.6 Å². The quantitative estimate of drug-likeness (QED) is 0.200. The van der Waals surface area contributed by atoms with Gasteiger partial charge in [0, 0.05) is 25.4 Å². The molecule has 0 aromatic carbocycles. The van der Waals surface area contributed by atoms with Crippen LogP contribution in [0.3, 0.4) is 0 Å². The third kappa shape index (κ3) is 11.7. The Morgan fingerprint density at radius 3 is 2.03 bits per heavy atom. The molecule has 0 fully saturated rings. The summed E-state index contributed by atoms with van der Waals surface area (Å²) in [5.74, 6) is -1.45. The van der Waals surface area contributed by atoms with Gasteiger partial charge in [-0.3, -0.25) is 14.4 Å². The van der Waals surface area contributed by atoms with E-state index < -0.39 is 30.0 Å². The zero-order chi connectivity index (χ0) is 24.0. The molecule has 0 heterocycles. The number of ketones is 2. The Morgan fingerprint density at radius 2 is 1.55 bits per heavy atom. The molecule has 7 N–H and O–H groups in total. The molecule has 0 aliphatic heterocycles. The minimum Gasteiger partial charge on any atom is -0.393 e. The molecule has 0 saturated heterocycles. The van der Waals surface area contributed by atoms with Crippen LogP contribution in [0.2, 0.25) is 0 Å². The summed E-state index contributed by atoms with van der Waals surface area (Å²) < 4.78 is 0. The monoisotopic (exact) mass is 442 g/mol. The fraction of sp³-hybridized carbons (Fsp3) is 0.870. The highest BCUT2D eigenvalue weighted by Gasteiger charge is 2.32. The average molecular weight is 443 g/mol. The number of rotatable bonds is 18. The van der Waals surface area contributed by atoms with Gasteiger partial charge >= 0.3 is 0 Å². The van der Waals surface area contributed by atoms with Crippen LogP contribution in [0.1, 0.15) is 73.1 Å². The second-order valence-electron chi connectivity index (χ2n) is 8.98. The van der Waals surface area contributed by atoms with Crippen molar-refractivity contribution < 1.29 is 19.5 Å². The Hall–Kier alpha value is -1.35. The molecule has 0 bridgehead atoms. The number of carbonyl (C=O) groups excluding carboxylic acids is 3. The second kappa shape index (κ2) is 16.3. The number of aliphatic hydroxyl groups excluding tert-OH is 1. The number of carbonyl (C=O) groups is 3. The number of Topliss-reactive ketones (excluding diaryl/α,β-unsaturated/α-hetero) is 2. The lowest BCUT2D eigenvalue weighted by Gasteiger charge is -2.25. The van der Waals surface area contributed by atoms with Gasteiger partial charge in [-0.1, -0.05) is 53.4 Å². The summed E-state index contributed by atoms with van der Waals surface area (Å²) in [6, 6.07) is -1.39. The SMILES string of the molecule is CC[C@H](C)CCCCCN[C@@H](CN)C(=O)C[C@H](C(=O)N[C@@H](CN)C(=O)C(C)C)[C@H](C)O. The number of amides is 1. The van der Waals surface area contributed by atoms with Gasteiger partial charge in [0.1, 0.15) is 0 Å². The minimum absolute atomic E-state index is 0.0345. The molecule has 0 spiro atoms. The van der Waals surface area contributed by atoms with Gasteiger partial charge in [0.15, 0.2) is 11.6 Å². The summed E-state index contributed by atoms with van der Waals surface area (Å²) >= 11 is 0. The van der Waals surface area contributed by atoms with E-state index in [0.29, 0.717) is 6.54 Å². The molecule has 8 nitrogen and oxygen atoms in total. The maximum absolute atomic E-state index is 12.7. The van der Waals surface area contributed by atoms with Gasteiger partial charge in [0.05, 0.1) is 24.1 Å². The maximum Gasteiger partial charge on any atom is 0.226 e. The fourth-order valence-corrected chi connectivity index (χ4v) is 3.37. The molecule has 0 rings (SSSR count). The predicted octanol–water partition coefficient (Wildman–Crippen LogP) is 1.13. The molecule has 0 unspecified atom stereocenters. The third-order valence-corrected chi connectivity index (χ3v) is 5.89. The van der Waals surface area contributed by atoms with Crippen LogP contribution in [-0.4, -0.2) is 60.4 Å². The highest BCUT2D eigenvalue weighted by Crippen LogP contribution is 2.14. The number of hydrogen-bond acceptors (Lipinski definition) is 7. The van der Waals surface area contributed by atoms with E-state index in [0.717, 1.165) is 18.8 Å². The molecule has 0 saturated carbocycles. The number of aliphatic hydroxyl groups is 1. The number of hydrogen-bond donors (Lipinski definition) is 5. The molecule has 8 heteroatoms. The molecular formula is C23H46N4O4. The van der Waals surface area contributed by atoms with E-state index in [1.54, 1.807) is 13.8 Å². The average Bonchev–Trinajstić information content (AvgIpc) is 2.73. The Bertz CT molecular complexity index is 540. The molecule has 1 amide bonds. The zero-order valence-corrected chi connectivity index (χ0v) is 20.2. The van der Waals surface area contributed by atoms with Crippen molar-refractivity contribution in [2.75, 3.05) is 19.6 Å². The van der Waals surface area contributed by atoms with Crippen LogP contribution >= 0.6 is 0 Å². The van der Waals surface area contributed by atoms with Crippen LogP contribution in [-0.2, 0) is 14.4 Å². The Labute approximate surface area is 188 Å². The summed E-state index contributed by atoms with van der Waals surface area (Å²) in [5.41, 5.74) is 11.4. The number of nitrogens with two attached hydrogens (primary N) is 2. The number of unbranched alkanes of at least 4 members (excludes halogenated alkanes) is 2. The highest BCUT2D eigenvalue weighted by molar-refractivity contribution is 5.94. The first-order valence-electron chi connectivity index (χ1n) is 11.8. The first-order valence-corrected chi connectivity index (χ1v) is 11.8. The smallest absolute Gasteiger partial charge is 0.226 e. The van der Waals surface area contributed by atoms with Crippen LogP contribution in [0.25, 0.3) is 0 Å². The van der Waals surface area contributed by atoms with Crippen molar-refractivity contribution in [3.05, 3.63) is 0 Å². The Kier molecular flexibility index (Phi) is 15.6. The van der Waals surface area contributed by atoms with Gasteiger partial charge in [-0.25, -0.2) is 0 Å². The van der Waals surface area contributed by atoms with E-state index >= 15 is 0 Å². The lowest BCUT2D eigenvalue weighted by molar-refractivity contribution is -0.136. The molecule has 5 atom stereocenters. The van der Waals surface area contributed by atoms with Gasteiger partial charge < -0.3 is 27.2 Å². The van der Waals surface area contributed by atoms with Crippen molar-refractivity contribution >= 4 is 17.5 Å². The third-order valence-electron chi connectivity index (χ3n) is 5.89. The second-order valence-corrected chi connectivity index (χ2v) is 8.98. The van der Waals surface area contributed by atoms with E-state index in [9.17, 15) is 19.5 Å². The van der Waals surface area contributed by atoms with Gasteiger partial charge in [-0.2, -0.15) is 0 Å². The molecule has 0 aliphatic rings. The van der Waals surface area contributed by atoms with E-state index in [1.165, 1.54) is 26.2 Å². The van der Waals surface area contributed by atoms with Crippen LogP contribution < -0.4 is 22.1 Å². The first kappa shape index (κ1) is 29.7. The molecular weight excluding hydrogens is 396 g/mol. The lowest BCUT2D eigenvalue weighted by atomic mass is 9.92. The summed E-state index contributed by atoms with van der Waals surface area (Å²) in [5, 5.41) is 15.8. The van der Waals surface area contributed by atoms with E-state index in [2.05, 4.69) is 24.5 Å². The van der Waals surface area contributed by atoms with Crippen molar-refractivity contribution in [3.8, 4) is 0 Å². The highest BCUT2D eigenvalue weighted by atomic mass is 16.3. The van der Waals surface area contributed by atoms with Gasteiger partial charge in [0.2, 0.25) is 5.91 Å². The van der Waals surface area contributed by atoms with Crippen LogP contribution in [0, 0.1) is 17.8 Å². The molecule has 0 aliphatic carbocycles. The standard InChI is InChI=1S/C23H46N4O4/c1-6-16(4)10-8-7-9-11-26-19(13-24)21(29)12-18(17(5)28)23(31)27-20(14-25)22(30)15(2)3/h15-20,26,28H,6-14,24-25H2,1-5H3,(H,27,31)/t16-,17-,18-,19-,20-/m0/s1. The molecule has 0 radical (unpaired) electrons. The number of nitrogens with one attached hydrogen (secondary N) is 2. The molecule has 0 aromatic rings. The van der Waals surface area contributed by atoms with Crippen LogP contribution in [0.4, 0.5) is 0 Å². The van der Waals surface area contributed by atoms with Crippen molar-refractivity contribution in [1.29, 1.82) is 0 Å². The molecule has 31 heavy (non-hydrogen) atoms. The summed E-state index contributed by atoms with van der Waals surface area (Å²) in [7, 11) is 0. The summed E-state index contributed by atoms with van der Waals surface area (Å²) in [6.45, 7) is 10.1. The zero-order valence-electron chi connectivity index (χ0n) is 20.2. The van der Waals surface area contributed by atoms with Gasteiger partial charge in [-0.05, 0) is 25.8 Å². The normalized spacial score (nSPS) is 16.4.